The number of amides is 1. The van der Waals surface area contributed by atoms with E-state index in [4.69, 9.17) is 18.8 Å². The van der Waals surface area contributed by atoms with Crippen molar-refractivity contribution >= 4 is 18.7 Å². The summed E-state index contributed by atoms with van der Waals surface area (Å²) in [4.78, 5) is 12.2. The highest BCUT2D eigenvalue weighted by Crippen LogP contribution is 2.36. The Morgan fingerprint density at radius 3 is 2.19 bits per heavy atom. The number of hydrogen-bond acceptors (Lipinski definition) is 5. The molecule has 0 aromatic heterocycles. The largest absolute Gasteiger partial charge is 0.494 e. The fourth-order valence-electron chi connectivity index (χ4n) is 3.37. The molecule has 1 aliphatic rings. The van der Waals surface area contributed by atoms with Crippen LogP contribution in [0, 0.1) is 5.41 Å². The van der Waals surface area contributed by atoms with Crippen LogP contribution in [0.1, 0.15) is 66.9 Å². The van der Waals surface area contributed by atoms with Crippen molar-refractivity contribution in [2.45, 2.75) is 85.0 Å². The predicted octanol–water partition coefficient (Wildman–Crippen LogP) is 4.10. The first-order valence-electron chi connectivity index (χ1n) is 11.2. The van der Waals surface area contributed by atoms with E-state index in [1.54, 1.807) is 7.11 Å². The molecule has 1 amide bonds. The zero-order valence-electron chi connectivity index (χ0n) is 20.5. The number of nitrogens with one attached hydrogen (secondary N) is 1. The van der Waals surface area contributed by atoms with Gasteiger partial charge >= 0.3 is 13.2 Å². The van der Waals surface area contributed by atoms with Gasteiger partial charge in [-0.2, -0.15) is 0 Å². The number of ether oxygens (including phenoxy) is 2. The van der Waals surface area contributed by atoms with Gasteiger partial charge in [0.05, 0.1) is 11.2 Å². The van der Waals surface area contributed by atoms with Crippen LogP contribution in [0.4, 0.5) is 4.79 Å². The highest BCUT2D eigenvalue weighted by molar-refractivity contribution is 6.62. The molecule has 0 radical (unpaired) electrons. The third-order valence-corrected chi connectivity index (χ3v) is 6.22. The molecule has 1 saturated heterocycles. The number of rotatable bonds is 9. The SMILES string of the molecule is COCCC(OC(=O)NCCCc1ccc(B2OC(C)(C)C(C)(C)O2)cc1)C(C)(C)C. The molecule has 2 rings (SSSR count). The standard InChI is InChI=1S/C24H40BNO5/c1-22(2,3)20(15-17-28-8)29-21(27)26-16-9-10-18-11-13-19(14-12-18)25-30-23(4,5)24(6,7)31-25/h11-14,20H,9-10,15-17H2,1-8H3,(H,26,27). The van der Waals surface area contributed by atoms with Gasteiger partial charge in [0.1, 0.15) is 6.10 Å². The summed E-state index contributed by atoms with van der Waals surface area (Å²) < 4.78 is 23.0. The van der Waals surface area contributed by atoms with Crippen LogP contribution in [0.2, 0.25) is 0 Å². The molecular weight excluding hydrogens is 393 g/mol. The highest BCUT2D eigenvalue weighted by Gasteiger charge is 2.51. The lowest BCUT2D eigenvalue weighted by molar-refractivity contribution is 0.00578. The molecule has 6 nitrogen and oxygen atoms in total. The minimum Gasteiger partial charge on any atom is -0.446 e. The lowest BCUT2D eigenvalue weighted by atomic mass is 9.78. The van der Waals surface area contributed by atoms with Gasteiger partial charge in [-0.05, 0) is 57.0 Å². The smallest absolute Gasteiger partial charge is 0.446 e. The number of alkyl carbamates (subject to hydrolysis) is 1. The summed E-state index contributed by atoms with van der Waals surface area (Å²) in [5.41, 5.74) is 1.42. The third kappa shape index (κ3) is 7.23. The molecule has 1 aliphatic heterocycles. The van der Waals surface area contributed by atoms with Crippen molar-refractivity contribution in [3.05, 3.63) is 29.8 Å². The van der Waals surface area contributed by atoms with Gasteiger partial charge in [0.15, 0.2) is 0 Å². The molecule has 1 aromatic rings. The van der Waals surface area contributed by atoms with E-state index in [2.05, 4.69) is 78.0 Å². The number of carbonyl (C=O) groups is 1. The molecular formula is C24H40BNO5. The summed E-state index contributed by atoms with van der Waals surface area (Å²) in [6, 6.07) is 8.31. The molecule has 0 bridgehead atoms. The van der Waals surface area contributed by atoms with E-state index in [1.165, 1.54) is 5.56 Å². The van der Waals surface area contributed by atoms with E-state index in [1.807, 2.05) is 0 Å². The predicted molar refractivity (Wildman–Crippen MR) is 125 cm³/mol. The minimum absolute atomic E-state index is 0.130. The molecule has 7 heteroatoms. The number of hydrogen-bond donors (Lipinski definition) is 1. The van der Waals surface area contributed by atoms with Gasteiger partial charge in [0, 0.05) is 26.7 Å². The van der Waals surface area contributed by atoms with Crippen LogP contribution in [0.5, 0.6) is 0 Å². The lowest BCUT2D eigenvalue weighted by Crippen LogP contribution is -2.41. The number of aryl methyl sites for hydroxylation is 1. The van der Waals surface area contributed by atoms with Gasteiger partial charge in [-0.25, -0.2) is 4.79 Å². The van der Waals surface area contributed by atoms with Crippen molar-refractivity contribution in [1.82, 2.24) is 5.32 Å². The molecule has 0 aliphatic carbocycles. The van der Waals surface area contributed by atoms with Crippen LogP contribution in [-0.2, 0) is 25.2 Å². The molecule has 174 valence electrons. The van der Waals surface area contributed by atoms with Gasteiger partial charge in [0.2, 0.25) is 0 Å². The van der Waals surface area contributed by atoms with Crippen LogP contribution >= 0.6 is 0 Å². The van der Waals surface area contributed by atoms with E-state index < -0.39 is 0 Å². The fraction of sp³-hybridized carbons (Fsp3) is 0.708. The van der Waals surface area contributed by atoms with Gasteiger partial charge in [0.25, 0.3) is 0 Å². The zero-order valence-corrected chi connectivity index (χ0v) is 20.5. The molecule has 0 saturated carbocycles. The topological polar surface area (TPSA) is 66.0 Å². The average Bonchev–Trinajstić information content (AvgIpc) is 2.89. The maximum absolute atomic E-state index is 12.2. The maximum Gasteiger partial charge on any atom is 0.494 e. The first-order valence-corrected chi connectivity index (χ1v) is 11.2. The van der Waals surface area contributed by atoms with E-state index in [0.717, 1.165) is 18.3 Å². The van der Waals surface area contributed by atoms with E-state index in [0.29, 0.717) is 19.6 Å². The maximum atomic E-state index is 12.2. The lowest BCUT2D eigenvalue weighted by Gasteiger charge is -2.32. The molecule has 1 fully saturated rings. The summed E-state index contributed by atoms with van der Waals surface area (Å²) in [5, 5.41) is 2.86. The summed E-state index contributed by atoms with van der Waals surface area (Å²) >= 11 is 0. The third-order valence-electron chi connectivity index (χ3n) is 6.22. The average molecular weight is 433 g/mol. The molecule has 1 aromatic carbocycles. The minimum atomic E-state index is -0.368. The molecule has 1 atom stereocenters. The second-order valence-electron chi connectivity index (χ2n) is 10.4. The Bertz CT molecular complexity index is 696. The monoisotopic (exact) mass is 433 g/mol. The Balaban J connectivity index is 1.76. The Morgan fingerprint density at radius 1 is 1.10 bits per heavy atom. The fourth-order valence-corrected chi connectivity index (χ4v) is 3.37. The van der Waals surface area contributed by atoms with Crippen LogP contribution in [-0.4, -0.2) is 50.8 Å². The number of methoxy groups -OCH3 is 1. The molecule has 1 N–H and O–H groups in total. The summed E-state index contributed by atoms with van der Waals surface area (Å²) in [6.07, 6.45) is 1.84. The van der Waals surface area contributed by atoms with Crippen molar-refractivity contribution in [1.29, 1.82) is 0 Å². The molecule has 1 unspecified atom stereocenters. The van der Waals surface area contributed by atoms with Gasteiger partial charge in [-0.15, -0.1) is 0 Å². The van der Waals surface area contributed by atoms with Gasteiger partial charge in [-0.3, -0.25) is 0 Å². The Labute approximate surface area is 188 Å². The van der Waals surface area contributed by atoms with E-state index >= 15 is 0 Å². The Morgan fingerprint density at radius 2 is 1.68 bits per heavy atom. The summed E-state index contributed by atoms with van der Waals surface area (Å²) in [7, 11) is 1.31. The van der Waals surface area contributed by atoms with E-state index in [-0.39, 0.29) is 35.9 Å². The number of carbonyl (C=O) groups excluding carboxylic acids is 1. The quantitative estimate of drug-likeness (QED) is 0.469. The van der Waals surface area contributed by atoms with Crippen LogP contribution < -0.4 is 10.8 Å². The normalized spacial score (nSPS) is 18.6. The van der Waals surface area contributed by atoms with Crippen molar-refractivity contribution in [2.75, 3.05) is 20.3 Å². The van der Waals surface area contributed by atoms with Gasteiger partial charge in [-0.1, -0.05) is 45.0 Å². The van der Waals surface area contributed by atoms with Crippen LogP contribution in [0.15, 0.2) is 24.3 Å². The Hall–Kier alpha value is -1.57. The van der Waals surface area contributed by atoms with Crippen LogP contribution in [0.25, 0.3) is 0 Å². The second kappa shape index (κ2) is 10.4. The van der Waals surface area contributed by atoms with Gasteiger partial charge < -0.3 is 24.1 Å². The van der Waals surface area contributed by atoms with Crippen molar-refractivity contribution in [2.24, 2.45) is 5.41 Å². The van der Waals surface area contributed by atoms with E-state index in [9.17, 15) is 4.79 Å². The zero-order chi connectivity index (χ0) is 23.3. The highest BCUT2D eigenvalue weighted by atomic mass is 16.7. The Kier molecular flexibility index (Phi) is 8.59. The summed E-state index contributed by atoms with van der Waals surface area (Å²) in [5.74, 6) is 0. The second-order valence-corrected chi connectivity index (χ2v) is 10.4. The van der Waals surface area contributed by atoms with Crippen molar-refractivity contribution in [3.63, 3.8) is 0 Å². The number of benzene rings is 1. The van der Waals surface area contributed by atoms with Crippen molar-refractivity contribution in [3.8, 4) is 0 Å². The summed E-state index contributed by atoms with van der Waals surface area (Å²) in [6.45, 7) is 15.6. The van der Waals surface area contributed by atoms with Crippen molar-refractivity contribution < 1.29 is 23.6 Å². The first-order chi connectivity index (χ1) is 14.4. The molecule has 31 heavy (non-hydrogen) atoms. The molecule has 1 heterocycles. The van der Waals surface area contributed by atoms with Crippen LogP contribution in [0.3, 0.4) is 0 Å². The molecule has 0 spiro atoms. The first kappa shape index (κ1) is 25.7.